The van der Waals surface area contributed by atoms with Gasteiger partial charge in [-0.05, 0) is 18.6 Å². The molecule has 2 heteroatoms. The van der Waals surface area contributed by atoms with Crippen LogP contribution >= 0.6 is 0 Å². The van der Waals surface area contributed by atoms with E-state index in [-0.39, 0.29) is 10.8 Å². The molecule has 1 aliphatic carbocycles. The Labute approximate surface area is 102 Å². The molecule has 0 spiro atoms. The van der Waals surface area contributed by atoms with Crippen LogP contribution in [0.15, 0.2) is 24.3 Å². The molecule has 0 bridgehead atoms. The molecule has 0 fully saturated rings. The van der Waals surface area contributed by atoms with E-state index in [4.69, 9.17) is 9.97 Å². The van der Waals surface area contributed by atoms with Gasteiger partial charge in [-0.15, -0.1) is 0 Å². The zero-order valence-electron chi connectivity index (χ0n) is 10.9. The number of fused-ring (bicyclic) bond motifs is 2. The molecule has 0 amide bonds. The lowest BCUT2D eigenvalue weighted by Crippen LogP contribution is -2.18. The summed E-state index contributed by atoms with van der Waals surface area (Å²) >= 11 is 0. The monoisotopic (exact) mass is 226 g/mol. The van der Waals surface area contributed by atoms with Gasteiger partial charge in [0.2, 0.25) is 0 Å². The van der Waals surface area contributed by atoms with Gasteiger partial charge in [-0.2, -0.15) is 0 Å². The van der Waals surface area contributed by atoms with Gasteiger partial charge in [0.25, 0.3) is 0 Å². The smallest absolute Gasteiger partial charge is 0.0890 e. The summed E-state index contributed by atoms with van der Waals surface area (Å²) in [7, 11) is 0. The minimum atomic E-state index is 0.135. The summed E-state index contributed by atoms with van der Waals surface area (Å²) in [6.07, 6.45) is 1.12. The van der Waals surface area contributed by atoms with E-state index in [1.54, 1.807) is 0 Å². The Bertz CT molecular complexity index is 544. The van der Waals surface area contributed by atoms with Gasteiger partial charge < -0.3 is 0 Å². The highest BCUT2D eigenvalue weighted by molar-refractivity contribution is 5.75. The van der Waals surface area contributed by atoms with Crippen molar-refractivity contribution < 1.29 is 0 Å². The summed E-state index contributed by atoms with van der Waals surface area (Å²) in [5, 5.41) is 0. The summed E-state index contributed by atoms with van der Waals surface area (Å²) in [6.45, 7) is 9.07. The van der Waals surface area contributed by atoms with Crippen molar-refractivity contribution in [1.82, 2.24) is 9.97 Å². The van der Waals surface area contributed by atoms with Crippen LogP contribution in [0.5, 0.6) is 0 Å². The zero-order valence-corrected chi connectivity index (χ0v) is 10.9. The highest BCUT2D eigenvalue weighted by atomic mass is 14.9. The third kappa shape index (κ3) is 1.47. The second-order valence-electron chi connectivity index (χ2n) is 6.35. The number of para-hydroxylation sites is 2. The largest absolute Gasteiger partial charge is 0.249 e. The second kappa shape index (κ2) is 3.06. The summed E-state index contributed by atoms with van der Waals surface area (Å²) in [6, 6.07) is 8.14. The average Bonchev–Trinajstić information content (AvgIpc) is 2.43. The number of aromatic nitrogens is 2. The van der Waals surface area contributed by atoms with Gasteiger partial charge in [0.1, 0.15) is 0 Å². The maximum absolute atomic E-state index is 4.84. The maximum Gasteiger partial charge on any atom is 0.0890 e. The van der Waals surface area contributed by atoms with E-state index < -0.39 is 0 Å². The van der Waals surface area contributed by atoms with E-state index in [0.29, 0.717) is 0 Å². The molecule has 2 aromatic rings. The number of nitrogens with zero attached hydrogens (tertiary/aromatic N) is 2. The Kier molecular flexibility index (Phi) is 1.93. The molecule has 88 valence electrons. The van der Waals surface area contributed by atoms with Gasteiger partial charge in [-0.3, -0.25) is 0 Å². The normalized spacial score (nSPS) is 20.5. The fraction of sp³-hybridized carbons (Fsp3) is 0.467. The first-order chi connectivity index (χ1) is 7.90. The van der Waals surface area contributed by atoms with Crippen molar-refractivity contribution >= 4 is 11.0 Å². The molecule has 0 saturated heterocycles. The van der Waals surface area contributed by atoms with Crippen molar-refractivity contribution in [3.63, 3.8) is 0 Å². The molecule has 1 aliphatic rings. The van der Waals surface area contributed by atoms with Crippen LogP contribution in [0.25, 0.3) is 11.0 Å². The summed E-state index contributed by atoms with van der Waals surface area (Å²) in [5.41, 5.74) is 4.66. The Hall–Kier alpha value is -1.44. The molecular formula is C15H18N2. The van der Waals surface area contributed by atoms with Crippen LogP contribution in [0.1, 0.15) is 45.5 Å². The van der Waals surface area contributed by atoms with Crippen LogP contribution < -0.4 is 0 Å². The fourth-order valence-electron chi connectivity index (χ4n) is 3.22. The molecule has 17 heavy (non-hydrogen) atoms. The molecule has 0 saturated carbocycles. The van der Waals surface area contributed by atoms with Crippen LogP contribution in [0.2, 0.25) is 0 Å². The first-order valence-electron chi connectivity index (χ1n) is 6.18. The number of benzene rings is 1. The van der Waals surface area contributed by atoms with E-state index in [1.165, 1.54) is 11.4 Å². The number of rotatable bonds is 0. The predicted molar refractivity (Wildman–Crippen MR) is 70.2 cm³/mol. The van der Waals surface area contributed by atoms with Gasteiger partial charge in [0, 0.05) is 10.8 Å². The molecule has 0 atom stereocenters. The van der Waals surface area contributed by atoms with Crippen LogP contribution in [0.3, 0.4) is 0 Å². The molecule has 0 N–H and O–H groups in total. The summed E-state index contributed by atoms with van der Waals surface area (Å²) in [4.78, 5) is 9.68. The highest BCUT2D eigenvalue weighted by Crippen LogP contribution is 2.47. The van der Waals surface area contributed by atoms with Crippen molar-refractivity contribution in [2.75, 3.05) is 0 Å². The summed E-state index contributed by atoms with van der Waals surface area (Å²) < 4.78 is 0. The van der Waals surface area contributed by atoms with E-state index in [9.17, 15) is 0 Å². The SMILES string of the molecule is CC1(C)CC(C)(C)c2nc3ccccc3nc21. The zero-order chi connectivity index (χ0) is 12.3. The van der Waals surface area contributed by atoms with E-state index in [0.717, 1.165) is 17.5 Å². The van der Waals surface area contributed by atoms with Crippen LogP contribution in [0.4, 0.5) is 0 Å². The van der Waals surface area contributed by atoms with Crippen LogP contribution in [0, 0.1) is 0 Å². The van der Waals surface area contributed by atoms with Gasteiger partial charge in [-0.1, -0.05) is 39.8 Å². The molecule has 0 aliphatic heterocycles. The van der Waals surface area contributed by atoms with E-state index >= 15 is 0 Å². The Balaban J connectivity index is 2.37. The van der Waals surface area contributed by atoms with Crippen molar-refractivity contribution in [1.29, 1.82) is 0 Å². The highest BCUT2D eigenvalue weighted by Gasteiger charge is 2.44. The van der Waals surface area contributed by atoms with Crippen molar-refractivity contribution in [2.24, 2.45) is 0 Å². The minimum absolute atomic E-state index is 0.135. The fourth-order valence-corrected chi connectivity index (χ4v) is 3.22. The van der Waals surface area contributed by atoms with Gasteiger partial charge in [0.05, 0.1) is 22.4 Å². The van der Waals surface area contributed by atoms with Crippen molar-refractivity contribution in [2.45, 2.75) is 44.9 Å². The molecule has 1 aromatic carbocycles. The molecule has 1 heterocycles. The quantitative estimate of drug-likeness (QED) is 0.686. The van der Waals surface area contributed by atoms with E-state index in [2.05, 4.69) is 27.7 Å². The lowest BCUT2D eigenvalue weighted by molar-refractivity contribution is 0.397. The topological polar surface area (TPSA) is 25.8 Å². The van der Waals surface area contributed by atoms with Gasteiger partial charge in [0.15, 0.2) is 0 Å². The first-order valence-corrected chi connectivity index (χ1v) is 6.18. The summed E-state index contributed by atoms with van der Waals surface area (Å²) in [5.74, 6) is 0. The Morgan fingerprint density at radius 3 is 1.65 bits per heavy atom. The standard InChI is InChI=1S/C15H18N2/c1-14(2)9-15(3,4)13-12(14)16-10-7-5-6-8-11(10)17-13/h5-8H,9H2,1-4H3. The lowest BCUT2D eigenvalue weighted by Gasteiger charge is -2.21. The van der Waals surface area contributed by atoms with E-state index in [1.807, 2.05) is 24.3 Å². The maximum atomic E-state index is 4.84. The Morgan fingerprint density at radius 2 is 1.24 bits per heavy atom. The third-order valence-corrected chi connectivity index (χ3v) is 3.74. The van der Waals surface area contributed by atoms with Gasteiger partial charge in [-0.25, -0.2) is 9.97 Å². The predicted octanol–water partition coefficient (Wildman–Crippen LogP) is 3.59. The lowest BCUT2D eigenvalue weighted by atomic mass is 9.83. The minimum Gasteiger partial charge on any atom is -0.249 e. The molecular weight excluding hydrogens is 208 g/mol. The average molecular weight is 226 g/mol. The Morgan fingerprint density at radius 1 is 0.824 bits per heavy atom. The van der Waals surface area contributed by atoms with Crippen LogP contribution in [-0.4, -0.2) is 9.97 Å². The number of hydrogen-bond donors (Lipinski definition) is 0. The third-order valence-electron chi connectivity index (χ3n) is 3.74. The molecule has 0 radical (unpaired) electrons. The molecule has 1 aromatic heterocycles. The molecule has 3 rings (SSSR count). The molecule has 0 unspecified atom stereocenters. The molecule has 2 nitrogen and oxygen atoms in total. The van der Waals surface area contributed by atoms with Crippen molar-refractivity contribution in [3.05, 3.63) is 35.7 Å². The first kappa shape index (κ1) is 10.7. The number of hydrogen-bond acceptors (Lipinski definition) is 2. The van der Waals surface area contributed by atoms with Crippen molar-refractivity contribution in [3.8, 4) is 0 Å². The van der Waals surface area contributed by atoms with Crippen LogP contribution in [-0.2, 0) is 10.8 Å². The van der Waals surface area contributed by atoms with Gasteiger partial charge >= 0.3 is 0 Å². The second-order valence-corrected chi connectivity index (χ2v) is 6.35.